The van der Waals surface area contributed by atoms with Crippen LogP contribution in [0.3, 0.4) is 0 Å². The Balaban J connectivity index is 1.86. The van der Waals surface area contributed by atoms with Gasteiger partial charge in [-0.25, -0.2) is 4.79 Å². The van der Waals surface area contributed by atoms with Crippen LogP contribution < -0.4 is 0 Å². The van der Waals surface area contributed by atoms with E-state index in [1.54, 1.807) is 4.90 Å². The number of rotatable bonds is 4. The molecule has 0 bridgehead atoms. The number of nitrogens with zero attached hydrogens (tertiary/aromatic N) is 1. The first kappa shape index (κ1) is 19.3. The van der Waals surface area contributed by atoms with Crippen LogP contribution in [-0.4, -0.2) is 35.2 Å². The summed E-state index contributed by atoms with van der Waals surface area (Å²) < 4.78 is 10.8. The number of benzene rings is 1. The number of piperidine rings is 1. The van der Waals surface area contributed by atoms with Crippen LogP contribution in [0.15, 0.2) is 30.3 Å². The summed E-state index contributed by atoms with van der Waals surface area (Å²) in [6.45, 7) is 8.41. The molecule has 0 aromatic heterocycles. The third kappa shape index (κ3) is 6.40. The minimum absolute atomic E-state index is 0.121. The Bertz CT molecular complexity index is 579. The summed E-state index contributed by atoms with van der Waals surface area (Å²) in [5.41, 5.74) is 0.485. The number of esters is 1. The third-order valence-corrected chi connectivity index (χ3v) is 4.29. The summed E-state index contributed by atoms with van der Waals surface area (Å²) in [6.07, 6.45) is 1.81. The fourth-order valence-electron chi connectivity index (χ4n) is 3.02. The highest BCUT2D eigenvalue weighted by Crippen LogP contribution is 2.26. The van der Waals surface area contributed by atoms with Gasteiger partial charge in [0.2, 0.25) is 0 Å². The number of likely N-dealkylation sites (tertiary alicyclic amines) is 1. The number of carbonyl (C=O) groups excluding carboxylic acids is 2. The largest absolute Gasteiger partial charge is 0.460 e. The van der Waals surface area contributed by atoms with Crippen LogP contribution in [0.25, 0.3) is 0 Å². The average Bonchev–Trinajstić information content (AvgIpc) is 2.53. The highest BCUT2D eigenvalue weighted by Gasteiger charge is 2.32. The van der Waals surface area contributed by atoms with Crippen LogP contribution in [0.1, 0.15) is 52.5 Å². The highest BCUT2D eigenvalue weighted by molar-refractivity contribution is 5.71. The average molecular weight is 347 g/mol. The van der Waals surface area contributed by atoms with Crippen molar-refractivity contribution in [3.63, 3.8) is 0 Å². The van der Waals surface area contributed by atoms with Gasteiger partial charge in [-0.15, -0.1) is 0 Å². The number of carbonyl (C=O) groups is 2. The van der Waals surface area contributed by atoms with Crippen molar-refractivity contribution >= 4 is 12.1 Å². The molecule has 1 aromatic carbocycles. The summed E-state index contributed by atoms with van der Waals surface area (Å²) in [7, 11) is 0. The standard InChI is InChI=1S/C20H29NO4/c1-15-10-11-17(12-18(22)25-20(2,3)4)13-21(15)19(23)24-14-16-8-6-5-7-9-16/h5-9,15,17H,10-14H2,1-4H3/t15-,17-/m0/s1. The van der Waals surface area contributed by atoms with E-state index in [1.807, 2.05) is 58.0 Å². The first-order valence-electron chi connectivity index (χ1n) is 8.94. The van der Waals surface area contributed by atoms with Crippen molar-refractivity contribution in [2.75, 3.05) is 6.54 Å². The predicted molar refractivity (Wildman–Crippen MR) is 96.0 cm³/mol. The number of ether oxygens (including phenoxy) is 2. The number of hydrogen-bond acceptors (Lipinski definition) is 4. The van der Waals surface area contributed by atoms with Crippen LogP contribution in [0.5, 0.6) is 0 Å². The SMILES string of the molecule is C[C@H]1CC[C@@H](CC(=O)OC(C)(C)C)CN1C(=O)OCc1ccccc1. The lowest BCUT2D eigenvalue weighted by molar-refractivity contribution is -0.156. The molecule has 0 spiro atoms. The van der Waals surface area contributed by atoms with Crippen LogP contribution in [0, 0.1) is 5.92 Å². The zero-order valence-electron chi connectivity index (χ0n) is 15.7. The molecule has 2 atom stereocenters. The van der Waals surface area contributed by atoms with E-state index in [0.29, 0.717) is 13.0 Å². The number of hydrogen-bond donors (Lipinski definition) is 0. The lowest BCUT2D eigenvalue weighted by Gasteiger charge is -2.37. The molecule has 1 aliphatic heterocycles. The minimum atomic E-state index is -0.479. The van der Waals surface area contributed by atoms with Crippen molar-refractivity contribution in [3.8, 4) is 0 Å². The molecule has 0 saturated carbocycles. The van der Waals surface area contributed by atoms with Gasteiger partial charge in [0.15, 0.2) is 0 Å². The Kier molecular flexibility index (Phi) is 6.45. The molecule has 0 radical (unpaired) electrons. The Hall–Kier alpha value is -2.04. The van der Waals surface area contributed by atoms with Crippen LogP contribution in [0.2, 0.25) is 0 Å². The van der Waals surface area contributed by atoms with E-state index >= 15 is 0 Å². The van der Waals surface area contributed by atoms with Gasteiger partial charge in [0.1, 0.15) is 12.2 Å². The topological polar surface area (TPSA) is 55.8 Å². The zero-order valence-corrected chi connectivity index (χ0v) is 15.7. The van der Waals surface area contributed by atoms with Crippen molar-refractivity contribution in [3.05, 3.63) is 35.9 Å². The van der Waals surface area contributed by atoms with Crippen molar-refractivity contribution < 1.29 is 19.1 Å². The maximum atomic E-state index is 12.4. The van der Waals surface area contributed by atoms with Gasteiger partial charge >= 0.3 is 12.1 Å². The van der Waals surface area contributed by atoms with Gasteiger partial charge in [0.25, 0.3) is 0 Å². The van der Waals surface area contributed by atoms with Crippen molar-refractivity contribution in [1.29, 1.82) is 0 Å². The first-order chi connectivity index (χ1) is 11.7. The second-order valence-electron chi connectivity index (χ2n) is 7.78. The second kappa shape index (κ2) is 8.37. The summed E-state index contributed by atoms with van der Waals surface area (Å²) in [6, 6.07) is 9.75. The molecule has 1 aromatic rings. The fraction of sp³-hybridized carbons (Fsp3) is 0.600. The minimum Gasteiger partial charge on any atom is -0.460 e. The van der Waals surface area contributed by atoms with E-state index in [2.05, 4.69) is 0 Å². The lowest BCUT2D eigenvalue weighted by Crippen LogP contribution is -2.46. The van der Waals surface area contributed by atoms with E-state index in [4.69, 9.17) is 9.47 Å². The van der Waals surface area contributed by atoms with Gasteiger partial charge < -0.3 is 14.4 Å². The summed E-state index contributed by atoms with van der Waals surface area (Å²) in [5, 5.41) is 0. The van der Waals surface area contributed by atoms with E-state index in [1.165, 1.54) is 0 Å². The smallest absolute Gasteiger partial charge is 0.410 e. The van der Waals surface area contributed by atoms with E-state index in [9.17, 15) is 9.59 Å². The van der Waals surface area contributed by atoms with Crippen molar-refractivity contribution in [2.45, 2.75) is 65.2 Å². The van der Waals surface area contributed by atoms with Crippen molar-refractivity contribution in [1.82, 2.24) is 4.90 Å². The summed E-state index contributed by atoms with van der Waals surface area (Å²) in [4.78, 5) is 26.2. The Labute approximate surface area is 150 Å². The highest BCUT2D eigenvalue weighted by atomic mass is 16.6. The van der Waals surface area contributed by atoms with Gasteiger partial charge in [0.05, 0.1) is 6.42 Å². The molecule has 0 N–H and O–H groups in total. The summed E-state index contributed by atoms with van der Waals surface area (Å²) in [5.74, 6) is -0.0834. The fourth-order valence-corrected chi connectivity index (χ4v) is 3.02. The molecule has 1 amide bonds. The molecule has 138 valence electrons. The molecule has 2 rings (SSSR count). The quantitative estimate of drug-likeness (QED) is 0.768. The van der Waals surface area contributed by atoms with Gasteiger partial charge in [-0.05, 0) is 52.0 Å². The maximum absolute atomic E-state index is 12.4. The summed E-state index contributed by atoms with van der Waals surface area (Å²) >= 11 is 0. The molecular weight excluding hydrogens is 318 g/mol. The molecule has 0 aliphatic carbocycles. The number of amides is 1. The Morgan fingerprint density at radius 2 is 1.84 bits per heavy atom. The Morgan fingerprint density at radius 3 is 2.48 bits per heavy atom. The van der Waals surface area contributed by atoms with Gasteiger partial charge in [-0.1, -0.05) is 30.3 Å². The first-order valence-corrected chi connectivity index (χ1v) is 8.94. The van der Waals surface area contributed by atoms with Gasteiger partial charge in [-0.2, -0.15) is 0 Å². The van der Waals surface area contributed by atoms with E-state index < -0.39 is 5.60 Å². The Morgan fingerprint density at radius 1 is 1.16 bits per heavy atom. The molecule has 1 heterocycles. The van der Waals surface area contributed by atoms with E-state index in [-0.39, 0.29) is 30.6 Å². The van der Waals surface area contributed by atoms with Crippen LogP contribution in [0.4, 0.5) is 4.79 Å². The molecule has 5 heteroatoms. The normalized spacial score (nSPS) is 20.9. The second-order valence-corrected chi connectivity index (χ2v) is 7.78. The predicted octanol–water partition coefficient (Wildman–Crippen LogP) is 4.16. The van der Waals surface area contributed by atoms with E-state index in [0.717, 1.165) is 18.4 Å². The molecular formula is C20H29NO4. The molecule has 1 aliphatic rings. The lowest BCUT2D eigenvalue weighted by atomic mass is 9.91. The molecule has 25 heavy (non-hydrogen) atoms. The van der Waals surface area contributed by atoms with Crippen LogP contribution >= 0.6 is 0 Å². The molecule has 0 unspecified atom stereocenters. The third-order valence-electron chi connectivity index (χ3n) is 4.29. The van der Waals surface area contributed by atoms with Crippen molar-refractivity contribution in [2.24, 2.45) is 5.92 Å². The molecule has 1 fully saturated rings. The van der Waals surface area contributed by atoms with Gasteiger partial charge in [0, 0.05) is 12.6 Å². The van der Waals surface area contributed by atoms with Crippen LogP contribution in [-0.2, 0) is 20.9 Å². The zero-order chi connectivity index (χ0) is 18.4. The van der Waals surface area contributed by atoms with Gasteiger partial charge in [-0.3, -0.25) is 4.79 Å². The molecule has 1 saturated heterocycles. The molecule has 5 nitrogen and oxygen atoms in total. The monoisotopic (exact) mass is 347 g/mol. The maximum Gasteiger partial charge on any atom is 0.410 e.